The third-order valence-electron chi connectivity index (χ3n) is 4.21. The van der Waals surface area contributed by atoms with Crippen molar-refractivity contribution in [2.45, 2.75) is 32.2 Å². The van der Waals surface area contributed by atoms with Gasteiger partial charge in [-0.3, -0.25) is 14.7 Å². The van der Waals surface area contributed by atoms with Gasteiger partial charge in [-0.2, -0.15) is 0 Å². The Bertz CT molecular complexity index is 618. The lowest BCUT2D eigenvalue weighted by Crippen LogP contribution is -2.42. The number of hydrogen-bond donors (Lipinski definition) is 0. The Morgan fingerprint density at radius 3 is 3.00 bits per heavy atom. The molecule has 3 rings (SSSR count). The van der Waals surface area contributed by atoms with Crippen LogP contribution in [0, 0.1) is 0 Å². The zero-order chi connectivity index (χ0) is 13.9. The molecule has 1 unspecified atom stereocenters. The Morgan fingerprint density at radius 1 is 1.30 bits per heavy atom. The molecule has 1 atom stereocenters. The number of nitrogens with zero attached hydrogens (tertiary/aromatic N) is 2. The van der Waals surface area contributed by atoms with Gasteiger partial charge in [0, 0.05) is 43.6 Å². The molecule has 3 heteroatoms. The summed E-state index contributed by atoms with van der Waals surface area (Å²) in [7, 11) is 0. The fraction of sp³-hybridized carbons (Fsp3) is 0.412. The predicted molar refractivity (Wildman–Crippen MR) is 80.7 cm³/mol. The maximum atomic E-state index is 11.4. The van der Waals surface area contributed by atoms with Crippen LogP contribution in [0.2, 0.25) is 0 Å². The molecule has 2 heterocycles. The van der Waals surface area contributed by atoms with Gasteiger partial charge in [-0.25, -0.2) is 0 Å². The fourth-order valence-corrected chi connectivity index (χ4v) is 3.01. The average molecular weight is 268 g/mol. The van der Waals surface area contributed by atoms with Crippen molar-refractivity contribution in [3.63, 3.8) is 0 Å². The van der Waals surface area contributed by atoms with Crippen molar-refractivity contribution in [2.24, 2.45) is 0 Å². The quantitative estimate of drug-likeness (QED) is 0.858. The Hall–Kier alpha value is -1.74. The highest BCUT2D eigenvalue weighted by Gasteiger charge is 2.22. The van der Waals surface area contributed by atoms with E-state index in [0.717, 1.165) is 25.0 Å². The van der Waals surface area contributed by atoms with Crippen LogP contribution in [0.4, 0.5) is 0 Å². The fourth-order valence-electron chi connectivity index (χ4n) is 3.01. The maximum absolute atomic E-state index is 11.4. The molecule has 0 bridgehead atoms. The van der Waals surface area contributed by atoms with Crippen molar-refractivity contribution < 1.29 is 4.79 Å². The number of likely N-dealkylation sites (tertiary alicyclic amines) is 1. The molecule has 0 aliphatic carbocycles. The molecule has 1 aliphatic heterocycles. The van der Waals surface area contributed by atoms with Crippen LogP contribution in [-0.2, 0) is 11.2 Å². The number of aromatic nitrogens is 1. The molecule has 0 radical (unpaired) electrons. The largest absolute Gasteiger partial charge is 0.300 e. The minimum Gasteiger partial charge on any atom is -0.300 e. The highest BCUT2D eigenvalue weighted by atomic mass is 16.1. The molecule has 20 heavy (non-hydrogen) atoms. The van der Waals surface area contributed by atoms with Gasteiger partial charge in [0.15, 0.2) is 0 Å². The monoisotopic (exact) mass is 268 g/mol. The second kappa shape index (κ2) is 5.71. The molecular weight excluding hydrogens is 248 g/mol. The number of carbonyl (C=O) groups excluding carboxylic acids is 1. The summed E-state index contributed by atoms with van der Waals surface area (Å²) in [5.41, 5.74) is 2.41. The van der Waals surface area contributed by atoms with E-state index in [4.69, 9.17) is 0 Å². The van der Waals surface area contributed by atoms with E-state index in [1.54, 1.807) is 0 Å². The molecule has 3 nitrogen and oxygen atoms in total. The number of benzene rings is 1. The number of ketones is 1. The first-order valence-corrected chi connectivity index (χ1v) is 7.32. The minimum atomic E-state index is 0.374. The van der Waals surface area contributed by atoms with Crippen molar-refractivity contribution in [3.05, 3.63) is 42.1 Å². The molecule has 1 aromatic heterocycles. The van der Waals surface area contributed by atoms with E-state index in [1.165, 1.54) is 10.9 Å². The number of carbonyl (C=O) groups is 1. The van der Waals surface area contributed by atoms with Crippen LogP contribution < -0.4 is 0 Å². The summed E-state index contributed by atoms with van der Waals surface area (Å²) in [5.74, 6) is 0.403. The van der Waals surface area contributed by atoms with Crippen LogP contribution in [-0.4, -0.2) is 34.8 Å². The standard InChI is InChI=1S/C17H20N2O/c1-13-12-16(20)8-11-19(13)10-7-15-5-2-4-14-6-3-9-18-17(14)15/h2-6,9,13H,7-8,10-12H2,1H3. The number of para-hydroxylation sites is 1. The van der Waals surface area contributed by atoms with Gasteiger partial charge >= 0.3 is 0 Å². The molecule has 1 aliphatic rings. The molecule has 2 aromatic rings. The van der Waals surface area contributed by atoms with Crippen molar-refractivity contribution in [1.82, 2.24) is 9.88 Å². The van der Waals surface area contributed by atoms with Gasteiger partial charge in [0.05, 0.1) is 5.52 Å². The number of pyridine rings is 1. The molecule has 0 saturated carbocycles. The Morgan fingerprint density at radius 2 is 2.15 bits per heavy atom. The Kier molecular flexibility index (Phi) is 3.79. The third-order valence-corrected chi connectivity index (χ3v) is 4.21. The van der Waals surface area contributed by atoms with Gasteiger partial charge in [0.1, 0.15) is 5.78 Å². The second-order valence-corrected chi connectivity index (χ2v) is 5.62. The van der Waals surface area contributed by atoms with Gasteiger partial charge < -0.3 is 0 Å². The molecule has 1 aromatic carbocycles. The lowest BCUT2D eigenvalue weighted by Gasteiger charge is -2.32. The van der Waals surface area contributed by atoms with E-state index in [9.17, 15) is 4.79 Å². The first kappa shape index (κ1) is 13.3. The van der Waals surface area contributed by atoms with Crippen molar-refractivity contribution in [3.8, 4) is 0 Å². The topological polar surface area (TPSA) is 33.2 Å². The van der Waals surface area contributed by atoms with Gasteiger partial charge in [-0.15, -0.1) is 0 Å². The summed E-state index contributed by atoms with van der Waals surface area (Å²) in [6.07, 6.45) is 4.26. The third kappa shape index (κ3) is 2.73. The van der Waals surface area contributed by atoms with Gasteiger partial charge in [-0.1, -0.05) is 24.3 Å². The Balaban J connectivity index is 1.72. The zero-order valence-corrected chi connectivity index (χ0v) is 11.9. The number of hydrogen-bond acceptors (Lipinski definition) is 3. The lowest BCUT2D eigenvalue weighted by atomic mass is 10.0. The van der Waals surface area contributed by atoms with E-state index in [2.05, 4.69) is 41.1 Å². The average Bonchev–Trinajstić information content (AvgIpc) is 2.46. The molecular formula is C17H20N2O. The van der Waals surface area contributed by atoms with Crippen molar-refractivity contribution >= 4 is 16.7 Å². The molecule has 1 saturated heterocycles. The van der Waals surface area contributed by atoms with E-state index in [-0.39, 0.29) is 0 Å². The number of fused-ring (bicyclic) bond motifs is 1. The molecule has 104 valence electrons. The summed E-state index contributed by atoms with van der Waals surface area (Å²) in [6.45, 7) is 4.06. The van der Waals surface area contributed by atoms with Gasteiger partial charge in [-0.05, 0) is 25.0 Å². The summed E-state index contributed by atoms with van der Waals surface area (Å²) in [6, 6.07) is 10.8. The van der Waals surface area contributed by atoms with Crippen LogP contribution in [0.5, 0.6) is 0 Å². The SMILES string of the molecule is CC1CC(=O)CCN1CCc1cccc2cccnc12. The maximum Gasteiger partial charge on any atom is 0.135 e. The first-order valence-electron chi connectivity index (χ1n) is 7.32. The summed E-state index contributed by atoms with van der Waals surface area (Å²) in [5, 5.41) is 1.20. The van der Waals surface area contributed by atoms with Crippen molar-refractivity contribution in [2.75, 3.05) is 13.1 Å². The highest BCUT2D eigenvalue weighted by Crippen LogP contribution is 2.19. The van der Waals surface area contributed by atoms with Gasteiger partial charge in [0.25, 0.3) is 0 Å². The highest BCUT2D eigenvalue weighted by molar-refractivity contribution is 5.81. The van der Waals surface area contributed by atoms with Crippen LogP contribution in [0.25, 0.3) is 10.9 Å². The number of Topliss-reactive ketones (excluding diaryl/α,β-unsaturated/α-hetero) is 1. The molecule has 0 spiro atoms. The summed E-state index contributed by atoms with van der Waals surface area (Å²) >= 11 is 0. The van der Waals surface area contributed by atoms with Gasteiger partial charge in [0.2, 0.25) is 0 Å². The second-order valence-electron chi connectivity index (χ2n) is 5.62. The van der Waals surface area contributed by atoms with E-state index >= 15 is 0 Å². The van der Waals surface area contributed by atoms with E-state index in [0.29, 0.717) is 24.7 Å². The van der Waals surface area contributed by atoms with Crippen LogP contribution in [0.3, 0.4) is 0 Å². The van der Waals surface area contributed by atoms with E-state index in [1.807, 2.05) is 12.3 Å². The first-order chi connectivity index (χ1) is 9.74. The smallest absolute Gasteiger partial charge is 0.135 e. The Labute approximate surface area is 119 Å². The normalized spacial score (nSPS) is 20.4. The van der Waals surface area contributed by atoms with Crippen LogP contribution in [0.15, 0.2) is 36.5 Å². The number of piperidine rings is 1. The van der Waals surface area contributed by atoms with Crippen molar-refractivity contribution in [1.29, 1.82) is 0 Å². The predicted octanol–water partition coefficient (Wildman–Crippen LogP) is 2.83. The summed E-state index contributed by atoms with van der Waals surface area (Å²) in [4.78, 5) is 18.4. The molecule has 0 N–H and O–H groups in total. The summed E-state index contributed by atoms with van der Waals surface area (Å²) < 4.78 is 0. The minimum absolute atomic E-state index is 0.374. The molecule has 0 amide bonds. The zero-order valence-electron chi connectivity index (χ0n) is 11.9. The lowest BCUT2D eigenvalue weighted by molar-refractivity contribution is -0.122. The number of rotatable bonds is 3. The van der Waals surface area contributed by atoms with Crippen LogP contribution in [0.1, 0.15) is 25.3 Å². The van der Waals surface area contributed by atoms with E-state index < -0.39 is 0 Å². The molecule has 1 fully saturated rings. The van der Waals surface area contributed by atoms with Crippen LogP contribution >= 0.6 is 0 Å².